The Morgan fingerprint density at radius 3 is 2.56 bits per heavy atom. The van der Waals surface area contributed by atoms with Gasteiger partial charge in [0.2, 0.25) is 0 Å². The van der Waals surface area contributed by atoms with Crippen LogP contribution in [0.2, 0.25) is 0 Å². The minimum Gasteiger partial charge on any atom is -0.316 e. The molecule has 2 nitrogen and oxygen atoms in total. The van der Waals surface area contributed by atoms with Crippen molar-refractivity contribution in [3.63, 3.8) is 0 Å². The lowest BCUT2D eigenvalue weighted by atomic mass is 10.00. The summed E-state index contributed by atoms with van der Waals surface area (Å²) in [6, 6.07) is 0.852. The number of nitrogens with one attached hydrogen (secondary N) is 1. The first-order valence-electron chi connectivity index (χ1n) is 7.27. The van der Waals surface area contributed by atoms with Gasteiger partial charge in [-0.1, -0.05) is 19.3 Å². The van der Waals surface area contributed by atoms with E-state index in [2.05, 4.69) is 17.3 Å². The van der Waals surface area contributed by atoms with Crippen molar-refractivity contribution in [3.8, 4) is 0 Å². The maximum absolute atomic E-state index is 3.67. The largest absolute Gasteiger partial charge is 0.316 e. The van der Waals surface area contributed by atoms with Crippen LogP contribution in [0.1, 0.15) is 51.4 Å². The van der Waals surface area contributed by atoms with Crippen molar-refractivity contribution in [1.29, 1.82) is 0 Å². The number of rotatable bonds is 5. The van der Waals surface area contributed by atoms with E-state index in [9.17, 15) is 0 Å². The molecular weight excluding hydrogens is 196 g/mol. The Bertz CT molecular complexity index is 187. The van der Waals surface area contributed by atoms with E-state index in [0.29, 0.717) is 0 Å². The standard InChI is InChI=1S/C14H28N2/c1-16-11-5-4-8-14(16)9-10-15-12-13-6-2-3-7-13/h13-15H,2-12H2,1H3. The maximum Gasteiger partial charge on any atom is 0.0104 e. The molecule has 2 aliphatic rings. The average Bonchev–Trinajstić information content (AvgIpc) is 2.79. The van der Waals surface area contributed by atoms with Gasteiger partial charge in [0.1, 0.15) is 0 Å². The molecule has 1 aliphatic heterocycles. The molecule has 1 saturated heterocycles. The van der Waals surface area contributed by atoms with Gasteiger partial charge in [0.15, 0.2) is 0 Å². The van der Waals surface area contributed by atoms with Crippen LogP contribution in [-0.4, -0.2) is 37.6 Å². The highest BCUT2D eigenvalue weighted by atomic mass is 15.1. The van der Waals surface area contributed by atoms with Gasteiger partial charge in [-0.15, -0.1) is 0 Å². The minimum atomic E-state index is 0.852. The molecule has 1 aliphatic carbocycles. The van der Waals surface area contributed by atoms with E-state index < -0.39 is 0 Å². The van der Waals surface area contributed by atoms with Crippen LogP contribution in [0.4, 0.5) is 0 Å². The maximum atomic E-state index is 3.67. The molecule has 1 saturated carbocycles. The number of piperidine rings is 1. The van der Waals surface area contributed by atoms with Crippen molar-refractivity contribution in [2.45, 2.75) is 57.4 Å². The van der Waals surface area contributed by atoms with Crippen molar-refractivity contribution < 1.29 is 0 Å². The molecule has 16 heavy (non-hydrogen) atoms. The van der Waals surface area contributed by atoms with Gasteiger partial charge >= 0.3 is 0 Å². The second kappa shape index (κ2) is 6.61. The highest BCUT2D eigenvalue weighted by molar-refractivity contribution is 4.75. The molecule has 0 radical (unpaired) electrons. The fourth-order valence-electron chi connectivity index (χ4n) is 3.30. The molecule has 0 aromatic rings. The zero-order chi connectivity index (χ0) is 11.2. The molecule has 0 aromatic carbocycles. The molecular formula is C14H28N2. The lowest BCUT2D eigenvalue weighted by Crippen LogP contribution is -2.38. The number of likely N-dealkylation sites (tertiary alicyclic amines) is 1. The summed E-state index contributed by atoms with van der Waals surface area (Å²) in [6.07, 6.45) is 11.5. The van der Waals surface area contributed by atoms with Crippen molar-refractivity contribution >= 4 is 0 Å². The second-order valence-corrected chi connectivity index (χ2v) is 5.77. The van der Waals surface area contributed by atoms with E-state index in [4.69, 9.17) is 0 Å². The second-order valence-electron chi connectivity index (χ2n) is 5.77. The smallest absolute Gasteiger partial charge is 0.0104 e. The summed E-state index contributed by atoms with van der Waals surface area (Å²) >= 11 is 0. The molecule has 0 bridgehead atoms. The number of hydrogen-bond donors (Lipinski definition) is 1. The molecule has 0 aromatic heterocycles. The van der Waals surface area contributed by atoms with E-state index in [1.807, 2.05) is 0 Å². The van der Waals surface area contributed by atoms with Gasteiger partial charge < -0.3 is 10.2 Å². The fraction of sp³-hybridized carbons (Fsp3) is 1.00. The van der Waals surface area contributed by atoms with Crippen LogP contribution in [0.3, 0.4) is 0 Å². The average molecular weight is 224 g/mol. The number of hydrogen-bond acceptors (Lipinski definition) is 2. The SMILES string of the molecule is CN1CCCCC1CCNCC1CCCC1. The lowest BCUT2D eigenvalue weighted by molar-refractivity contribution is 0.175. The first-order chi connectivity index (χ1) is 7.86. The number of nitrogens with zero attached hydrogens (tertiary/aromatic N) is 1. The van der Waals surface area contributed by atoms with Gasteiger partial charge in [0, 0.05) is 6.04 Å². The van der Waals surface area contributed by atoms with Crippen molar-refractivity contribution in [2.24, 2.45) is 5.92 Å². The van der Waals surface area contributed by atoms with E-state index in [1.165, 1.54) is 71.0 Å². The Morgan fingerprint density at radius 1 is 1.06 bits per heavy atom. The Labute approximate surface area is 101 Å². The predicted molar refractivity (Wildman–Crippen MR) is 69.7 cm³/mol. The van der Waals surface area contributed by atoms with Crippen LogP contribution in [-0.2, 0) is 0 Å². The fourth-order valence-corrected chi connectivity index (χ4v) is 3.30. The van der Waals surface area contributed by atoms with Gasteiger partial charge in [-0.25, -0.2) is 0 Å². The normalized spacial score (nSPS) is 28.7. The summed E-state index contributed by atoms with van der Waals surface area (Å²) in [5.74, 6) is 0.990. The highest BCUT2D eigenvalue weighted by Crippen LogP contribution is 2.23. The predicted octanol–water partition coefficient (Wildman–Crippen LogP) is 2.64. The lowest BCUT2D eigenvalue weighted by Gasteiger charge is -2.32. The Kier molecular flexibility index (Phi) is 5.11. The first-order valence-corrected chi connectivity index (χ1v) is 7.27. The first kappa shape index (κ1) is 12.4. The molecule has 0 amide bonds. The third-order valence-electron chi connectivity index (χ3n) is 4.48. The molecule has 2 fully saturated rings. The summed E-state index contributed by atoms with van der Waals surface area (Å²) in [4.78, 5) is 2.56. The van der Waals surface area contributed by atoms with Crippen molar-refractivity contribution in [1.82, 2.24) is 10.2 Å². The van der Waals surface area contributed by atoms with E-state index in [1.54, 1.807) is 0 Å². The van der Waals surface area contributed by atoms with Crippen LogP contribution in [0, 0.1) is 5.92 Å². The van der Waals surface area contributed by atoms with Gasteiger partial charge in [-0.05, 0) is 64.7 Å². The third-order valence-corrected chi connectivity index (χ3v) is 4.48. The van der Waals surface area contributed by atoms with Gasteiger partial charge in [-0.2, -0.15) is 0 Å². The zero-order valence-electron chi connectivity index (χ0n) is 10.9. The third kappa shape index (κ3) is 3.74. The van der Waals surface area contributed by atoms with E-state index >= 15 is 0 Å². The van der Waals surface area contributed by atoms with Crippen LogP contribution in [0.25, 0.3) is 0 Å². The molecule has 2 rings (SSSR count). The van der Waals surface area contributed by atoms with Crippen LogP contribution in [0.15, 0.2) is 0 Å². The molecule has 0 spiro atoms. The Hall–Kier alpha value is -0.0800. The topological polar surface area (TPSA) is 15.3 Å². The highest BCUT2D eigenvalue weighted by Gasteiger charge is 2.18. The Morgan fingerprint density at radius 2 is 1.81 bits per heavy atom. The molecule has 1 heterocycles. The molecule has 1 atom stereocenters. The summed E-state index contributed by atoms with van der Waals surface area (Å²) in [5, 5.41) is 3.67. The minimum absolute atomic E-state index is 0.852. The van der Waals surface area contributed by atoms with E-state index in [-0.39, 0.29) is 0 Å². The summed E-state index contributed by atoms with van der Waals surface area (Å²) in [7, 11) is 2.29. The molecule has 1 N–H and O–H groups in total. The summed E-state index contributed by atoms with van der Waals surface area (Å²) < 4.78 is 0. The summed E-state index contributed by atoms with van der Waals surface area (Å²) in [5.41, 5.74) is 0. The van der Waals surface area contributed by atoms with Crippen LogP contribution in [0.5, 0.6) is 0 Å². The molecule has 94 valence electrons. The van der Waals surface area contributed by atoms with Crippen LogP contribution >= 0.6 is 0 Å². The van der Waals surface area contributed by atoms with Crippen molar-refractivity contribution in [3.05, 3.63) is 0 Å². The van der Waals surface area contributed by atoms with Crippen molar-refractivity contribution in [2.75, 3.05) is 26.7 Å². The zero-order valence-corrected chi connectivity index (χ0v) is 10.9. The van der Waals surface area contributed by atoms with Gasteiger partial charge in [0.05, 0.1) is 0 Å². The van der Waals surface area contributed by atoms with Gasteiger partial charge in [-0.3, -0.25) is 0 Å². The quantitative estimate of drug-likeness (QED) is 0.722. The molecule has 2 heteroatoms. The Balaban J connectivity index is 1.53. The van der Waals surface area contributed by atoms with E-state index in [0.717, 1.165) is 12.0 Å². The molecule has 1 unspecified atom stereocenters. The van der Waals surface area contributed by atoms with Crippen LogP contribution < -0.4 is 5.32 Å². The summed E-state index contributed by atoms with van der Waals surface area (Å²) in [6.45, 7) is 3.81. The van der Waals surface area contributed by atoms with Gasteiger partial charge in [0.25, 0.3) is 0 Å². The monoisotopic (exact) mass is 224 g/mol.